The van der Waals surface area contributed by atoms with Gasteiger partial charge in [-0.3, -0.25) is 4.79 Å². The molecule has 0 atom stereocenters. The highest BCUT2D eigenvalue weighted by Crippen LogP contribution is 2.35. The van der Waals surface area contributed by atoms with Gasteiger partial charge in [0.15, 0.2) is 11.5 Å². The van der Waals surface area contributed by atoms with Crippen LogP contribution in [0.1, 0.15) is 15.4 Å². The Balaban J connectivity index is 1.80. The number of aryl methyl sites for hydroxylation is 1. The van der Waals surface area contributed by atoms with Crippen molar-refractivity contribution in [2.24, 2.45) is 0 Å². The second-order valence-corrected chi connectivity index (χ2v) is 9.44. The number of hydrogen-bond acceptors (Lipinski definition) is 7. The van der Waals surface area contributed by atoms with Crippen LogP contribution < -0.4 is 9.47 Å². The predicted octanol–water partition coefficient (Wildman–Crippen LogP) is 1.85. The van der Waals surface area contributed by atoms with Gasteiger partial charge in [0.1, 0.15) is 9.88 Å². The molecule has 2 aromatic rings. The number of nitrogens with zero attached hydrogens (tertiary/aromatic N) is 3. The molecule has 0 spiro atoms. The fraction of sp³-hybridized carbons (Fsp3) is 0.444. The van der Waals surface area contributed by atoms with E-state index in [9.17, 15) is 13.2 Å². The van der Waals surface area contributed by atoms with Crippen LogP contribution in [0.3, 0.4) is 0 Å². The maximum absolute atomic E-state index is 12.9. The molecule has 0 bridgehead atoms. The van der Waals surface area contributed by atoms with Gasteiger partial charge in [-0.15, -0.1) is 11.3 Å². The van der Waals surface area contributed by atoms with Crippen molar-refractivity contribution in [2.45, 2.75) is 6.92 Å². The number of thiazole rings is 1. The first kappa shape index (κ1) is 20.6. The summed E-state index contributed by atoms with van der Waals surface area (Å²) in [5.41, 5.74) is 1.50. The molecule has 28 heavy (non-hydrogen) atoms. The van der Waals surface area contributed by atoms with E-state index in [0.717, 1.165) is 10.6 Å². The van der Waals surface area contributed by atoms with Crippen molar-refractivity contribution < 1.29 is 22.7 Å². The SMILES string of the molecule is COc1ccc(-c2nc(C)c(C(=O)N3CCN(S(C)(=O)=O)CC3)s2)cc1OC. The molecule has 1 aliphatic heterocycles. The number of piperazine rings is 1. The highest BCUT2D eigenvalue weighted by molar-refractivity contribution is 7.88. The quantitative estimate of drug-likeness (QED) is 0.726. The summed E-state index contributed by atoms with van der Waals surface area (Å²) in [7, 11) is -0.0846. The second kappa shape index (κ2) is 8.06. The average molecular weight is 426 g/mol. The molecule has 0 unspecified atom stereocenters. The molecular weight excluding hydrogens is 402 g/mol. The number of rotatable bonds is 5. The van der Waals surface area contributed by atoms with Gasteiger partial charge < -0.3 is 14.4 Å². The first-order valence-corrected chi connectivity index (χ1v) is 11.3. The van der Waals surface area contributed by atoms with Crippen molar-refractivity contribution in [1.82, 2.24) is 14.2 Å². The second-order valence-electron chi connectivity index (χ2n) is 6.46. The molecule has 1 saturated heterocycles. The van der Waals surface area contributed by atoms with E-state index in [1.807, 2.05) is 12.1 Å². The van der Waals surface area contributed by atoms with Crippen LogP contribution in [0.5, 0.6) is 11.5 Å². The van der Waals surface area contributed by atoms with Crippen LogP contribution in [-0.4, -0.2) is 75.2 Å². The lowest BCUT2D eigenvalue weighted by Gasteiger charge is -2.33. The Morgan fingerprint density at radius 2 is 1.75 bits per heavy atom. The largest absolute Gasteiger partial charge is 0.493 e. The summed E-state index contributed by atoms with van der Waals surface area (Å²) in [6.45, 7) is 3.17. The minimum Gasteiger partial charge on any atom is -0.493 e. The van der Waals surface area contributed by atoms with Crippen LogP contribution in [0.2, 0.25) is 0 Å². The minimum atomic E-state index is -3.23. The van der Waals surface area contributed by atoms with Crippen molar-refractivity contribution in [2.75, 3.05) is 46.7 Å². The molecule has 0 radical (unpaired) electrons. The van der Waals surface area contributed by atoms with Crippen molar-refractivity contribution in [3.63, 3.8) is 0 Å². The zero-order valence-corrected chi connectivity index (χ0v) is 17.9. The summed E-state index contributed by atoms with van der Waals surface area (Å²) in [6.07, 6.45) is 1.19. The molecule has 3 rings (SSSR count). The topological polar surface area (TPSA) is 89.0 Å². The summed E-state index contributed by atoms with van der Waals surface area (Å²) < 4.78 is 35.3. The zero-order valence-electron chi connectivity index (χ0n) is 16.3. The molecule has 0 N–H and O–H groups in total. The van der Waals surface area contributed by atoms with E-state index < -0.39 is 10.0 Å². The number of hydrogen-bond donors (Lipinski definition) is 0. The van der Waals surface area contributed by atoms with Crippen LogP contribution in [-0.2, 0) is 10.0 Å². The third kappa shape index (κ3) is 4.13. The number of carbonyl (C=O) groups excluding carboxylic acids is 1. The van der Waals surface area contributed by atoms with Crippen LogP contribution in [0.4, 0.5) is 0 Å². The smallest absolute Gasteiger partial charge is 0.265 e. The third-order valence-corrected chi connectivity index (χ3v) is 7.11. The van der Waals surface area contributed by atoms with E-state index in [2.05, 4.69) is 4.98 Å². The van der Waals surface area contributed by atoms with Crippen molar-refractivity contribution >= 4 is 27.3 Å². The lowest BCUT2D eigenvalue weighted by atomic mass is 10.2. The molecule has 152 valence electrons. The van der Waals surface area contributed by atoms with Crippen molar-refractivity contribution in [3.8, 4) is 22.1 Å². The Morgan fingerprint density at radius 1 is 1.11 bits per heavy atom. The Bertz CT molecular complexity index is 979. The van der Waals surface area contributed by atoms with Gasteiger partial charge in [0.05, 0.1) is 26.2 Å². The lowest BCUT2D eigenvalue weighted by molar-refractivity contribution is 0.0702. The molecule has 1 aliphatic rings. The average Bonchev–Trinajstić information content (AvgIpc) is 3.08. The maximum Gasteiger partial charge on any atom is 0.265 e. The van der Waals surface area contributed by atoms with Crippen molar-refractivity contribution in [1.29, 1.82) is 0 Å². The molecule has 1 aromatic heterocycles. The summed E-state index contributed by atoms with van der Waals surface area (Å²) in [5.74, 6) is 1.10. The molecule has 0 saturated carbocycles. The number of ether oxygens (including phenoxy) is 2. The predicted molar refractivity (Wildman–Crippen MR) is 108 cm³/mol. The number of benzene rings is 1. The first-order valence-electron chi connectivity index (χ1n) is 8.69. The maximum atomic E-state index is 12.9. The van der Waals surface area contributed by atoms with Crippen LogP contribution in [0, 0.1) is 6.92 Å². The Hall–Kier alpha value is -2.17. The molecule has 2 heterocycles. The van der Waals surface area contributed by atoms with Gasteiger partial charge in [0, 0.05) is 31.7 Å². The lowest BCUT2D eigenvalue weighted by Crippen LogP contribution is -2.50. The van der Waals surface area contributed by atoms with Gasteiger partial charge in [0.2, 0.25) is 10.0 Å². The van der Waals surface area contributed by atoms with E-state index in [0.29, 0.717) is 48.2 Å². The fourth-order valence-corrected chi connectivity index (χ4v) is 4.91. The highest BCUT2D eigenvalue weighted by Gasteiger charge is 2.28. The first-order chi connectivity index (χ1) is 13.2. The minimum absolute atomic E-state index is 0.116. The molecule has 1 amide bonds. The number of methoxy groups -OCH3 is 2. The summed E-state index contributed by atoms with van der Waals surface area (Å²) in [4.78, 5) is 19.7. The van der Waals surface area contributed by atoms with Gasteiger partial charge in [0.25, 0.3) is 5.91 Å². The summed E-state index contributed by atoms with van der Waals surface area (Å²) in [5, 5.41) is 0.719. The molecule has 1 aromatic carbocycles. The van der Waals surface area contributed by atoms with Gasteiger partial charge in [-0.1, -0.05) is 0 Å². The van der Waals surface area contributed by atoms with Gasteiger partial charge in [-0.25, -0.2) is 13.4 Å². The van der Waals surface area contributed by atoms with Crippen LogP contribution >= 0.6 is 11.3 Å². The summed E-state index contributed by atoms with van der Waals surface area (Å²) in [6, 6.07) is 5.51. The molecule has 0 aliphatic carbocycles. The highest BCUT2D eigenvalue weighted by atomic mass is 32.2. The number of carbonyl (C=O) groups is 1. The van der Waals surface area contributed by atoms with Crippen LogP contribution in [0.25, 0.3) is 10.6 Å². The standard InChI is InChI=1S/C18H23N3O5S2/c1-12-16(18(22)20-7-9-21(10-8-20)28(4,23)24)27-17(19-12)13-5-6-14(25-2)15(11-13)26-3/h5-6,11H,7-10H2,1-4H3. The van der Waals surface area contributed by atoms with Gasteiger partial charge in [-0.05, 0) is 25.1 Å². The Kier molecular flexibility index (Phi) is 5.92. The third-order valence-electron chi connectivity index (χ3n) is 4.62. The van der Waals surface area contributed by atoms with Gasteiger partial charge in [-0.2, -0.15) is 4.31 Å². The van der Waals surface area contributed by atoms with Crippen LogP contribution in [0.15, 0.2) is 18.2 Å². The normalized spacial score (nSPS) is 15.5. The molecule has 10 heteroatoms. The fourth-order valence-electron chi connectivity index (χ4n) is 3.05. The Morgan fingerprint density at radius 3 is 2.32 bits per heavy atom. The van der Waals surface area contributed by atoms with E-state index in [1.165, 1.54) is 21.9 Å². The summed E-state index contributed by atoms with van der Waals surface area (Å²) >= 11 is 1.32. The van der Waals surface area contributed by atoms with E-state index in [-0.39, 0.29) is 5.91 Å². The number of sulfonamides is 1. The Labute approximate surface area is 168 Å². The van der Waals surface area contributed by atoms with Crippen molar-refractivity contribution in [3.05, 3.63) is 28.8 Å². The van der Waals surface area contributed by atoms with E-state index in [1.54, 1.807) is 32.1 Å². The van der Waals surface area contributed by atoms with E-state index in [4.69, 9.17) is 9.47 Å². The van der Waals surface area contributed by atoms with Gasteiger partial charge >= 0.3 is 0 Å². The number of amides is 1. The molecular formula is C18H23N3O5S2. The molecule has 1 fully saturated rings. The monoisotopic (exact) mass is 425 g/mol. The van der Waals surface area contributed by atoms with E-state index >= 15 is 0 Å². The zero-order chi connectivity index (χ0) is 20.5. The number of aromatic nitrogens is 1. The molecule has 8 nitrogen and oxygen atoms in total.